The second-order valence-electron chi connectivity index (χ2n) is 4.21. The average Bonchev–Trinajstić information content (AvgIpc) is 2.57. The van der Waals surface area contributed by atoms with E-state index in [2.05, 4.69) is 44.2 Å². The molecule has 2 rings (SSSR count). The van der Waals surface area contributed by atoms with Gasteiger partial charge in [0, 0.05) is 39.4 Å². The van der Waals surface area contributed by atoms with Crippen LogP contribution in [0.1, 0.15) is 27.6 Å². The lowest BCUT2D eigenvalue weighted by atomic mass is 10.1. The summed E-state index contributed by atoms with van der Waals surface area (Å²) in [5, 5.41) is 18.0. The summed E-state index contributed by atoms with van der Waals surface area (Å²) in [4.78, 5) is 21.7. The van der Waals surface area contributed by atoms with Gasteiger partial charge in [-0.3, -0.25) is 9.59 Å². The number of aromatic hydroxyl groups is 2. The van der Waals surface area contributed by atoms with Crippen LogP contribution in [0.2, 0.25) is 0 Å². The van der Waals surface area contributed by atoms with Gasteiger partial charge >= 0.3 is 0 Å². The number of carbonyl (C=O) groups excluding carboxylic acids is 2. The van der Waals surface area contributed by atoms with Crippen LogP contribution in [0.4, 0.5) is 0 Å². The second-order valence-corrected chi connectivity index (χ2v) is 4.77. The molecule has 0 aromatic heterocycles. The van der Waals surface area contributed by atoms with Crippen LogP contribution in [0.15, 0.2) is 48.5 Å². The van der Waals surface area contributed by atoms with E-state index in [1.54, 1.807) is 24.3 Å². The molecule has 0 saturated heterocycles. The molecule has 4 nitrogen and oxygen atoms in total. The summed E-state index contributed by atoms with van der Waals surface area (Å²) in [6.45, 7) is 1.49. The van der Waals surface area contributed by atoms with E-state index in [0.717, 1.165) is 0 Å². The molecule has 0 saturated carbocycles. The zero-order valence-corrected chi connectivity index (χ0v) is 16.9. The monoisotopic (exact) mass is 508 g/mol. The first-order valence-electron chi connectivity index (χ1n) is 6.26. The van der Waals surface area contributed by atoms with Crippen molar-refractivity contribution in [1.29, 1.82) is 0 Å². The van der Waals surface area contributed by atoms with Gasteiger partial charge in [0.1, 0.15) is 11.5 Å². The van der Waals surface area contributed by atoms with Crippen LogP contribution in [-0.2, 0) is 0 Å². The number of phenolic OH excluding ortho intramolecular Hbond substituents is 2. The van der Waals surface area contributed by atoms with Crippen LogP contribution in [-0.4, -0.2) is 27.1 Å². The predicted octanol–water partition coefficient (Wildman–Crippen LogP) is 5.26. The number of carbonyl (C=O) groups is 2. The molecule has 124 valence electrons. The highest BCUT2D eigenvalue weighted by Gasteiger charge is 2.01. The summed E-state index contributed by atoms with van der Waals surface area (Å²) in [5.41, 5.74) is 1.23. The molecule has 23 heavy (non-hydrogen) atoms. The van der Waals surface area contributed by atoms with E-state index in [1.165, 1.54) is 31.2 Å². The number of halogens is 3. The topological polar surface area (TPSA) is 74.6 Å². The second kappa shape index (κ2) is 12.3. The van der Waals surface area contributed by atoms with Crippen LogP contribution >= 0.6 is 44.2 Å². The molecule has 0 radical (unpaired) electrons. The van der Waals surface area contributed by atoms with Gasteiger partial charge in [-0.05, 0) is 55.5 Å². The van der Waals surface area contributed by atoms with Gasteiger partial charge in [0.25, 0.3) is 0 Å². The third kappa shape index (κ3) is 8.88. The molecule has 0 aliphatic carbocycles. The third-order valence-corrected chi connectivity index (χ3v) is 3.09. The Bertz CT molecular complexity index is 610. The summed E-state index contributed by atoms with van der Waals surface area (Å²) in [5.74, 6) is 0.395. The van der Waals surface area contributed by atoms with Gasteiger partial charge in [-0.1, -0.05) is 15.9 Å². The number of hydrogen-bond donors (Lipinski definition) is 2. The lowest BCUT2D eigenvalue weighted by molar-refractivity contribution is 0.101. The van der Waals surface area contributed by atoms with Crippen molar-refractivity contribution in [2.24, 2.45) is 0 Å². The fraction of sp³-hybridized carbons (Fsp3) is 0.125. The molecule has 0 unspecified atom stereocenters. The van der Waals surface area contributed by atoms with Crippen molar-refractivity contribution in [3.63, 3.8) is 0 Å². The molecule has 2 aromatic carbocycles. The van der Waals surface area contributed by atoms with E-state index < -0.39 is 0 Å². The Labute approximate surface area is 158 Å². The molecule has 0 amide bonds. The molecule has 0 heterocycles. The van der Waals surface area contributed by atoms with Crippen molar-refractivity contribution in [1.82, 2.24) is 0 Å². The Balaban J connectivity index is 0.000000381. The van der Waals surface area contributed by atoms with E-state index in [0.29, 0.717) is 16.5 Å². The first kappa shape index (κ1) is 21.8. The number of alkyl halides is 1. The third-order valence-electron chi connectivity index (χ3n) is 2.58. The molecule has 0 spiro atoms. The minimum absolute atomic E-state index is 0.0139. The molecule has 0 aliphatic rings. The molecule has 2 N–H and O–H groups in total. The van der Waals surface area contributed by atoms with Gasteiger partial charge in [0.15, 0.2) is 11.6 Å². The summed E-state index contributed by atoms with van der Waals surface area (Å²) in [6.07, 6.45) is 0. The standard InChI is InChI=1S/C8H7BrO2.C8H8O2.Br2/c9-5-8(11)6-1-3-7(10)4-2-6;1-6(9)7-2-4-8(10)5-3-7;1-2/h1-4,10H,5H2;2-5,10H,1H3;. The highest BCUT2D eigenvalue weighted by molar-refractivity contribution is 9.93. The van der Waals surface area contributed by atoms with Crippen molar-refractivity contribution >= 4 is 55.8 Å². The zero-order chi connectivity index (χ0) is 17.8. The Morgan fingerprint density at radius 1 is 0.826 bits per heavy atom. The SMILES string of the molecule is BrBr.CC(=O)c1ccc(O)cc1.O=C(CBr)c1ccc(O)cc1. The van der Waals surface area contributed by atoms with Crippen molar-refractivity contribution < 1.29 is 19.8 Å². The maximum atomic E-state index is 11.0. The highest BCUT2D eigenvalue weighted by Crippen LogP contribution is 2.10. The minimum Gasteiger partial charge on any atom is -0.508 e. The van der Waals surface area contributed by atoms with Gasteiger partial charge < -0.3 is 10.2 Å². The van der Waals surface area contributed by atoms with Gasteiger partial charge in [0.05, 0.1) is 5.33 Å². The maximum Gasteiger partial charge on any atom is 0.173 e. The van der Waals surface area contributed by atoms with E-state index in [9.17, 15) is 9.59 Å². The Hall–Kier alpha value is -1.18. The molecule has 0 aliphatic heterocycles. The lowest BCUT2D eigenvalue weighted by Gasteiger charge is -1.95. The summed E-state index contributed by atoms with van der Waals surface area (Å²) in [6, 6.07) is 12.4. The normalized spacial score (nSPS) is 8.87. The van der Waals surface area contributed by atoms with E-state index in [4.69, 9.17) is 10.2 Å². The van der Waals surface area contributed by atoms with Gasteiger partial charge in [-0.2, -0.15) is 0 Å². The van der Waals surface area contributed by atoms with E-state index in [-0.39, 0.29) is 23.1 Å². The van der Waals surface area contributed by atoms with Crippen LogP contribution in [0, 0.1) is 0 Å². The number of ketones is 2. The lowest BCUT2D eigenvalue weighted by Crippen LogP contribution is -1.98. The fourth-order valence-corrected chi connectivity index (χ4v) is 1.74. The Morgan fingerprint density at radius 3 is 1.48 bits per heavy atom. The average molecular weight is 511 g/mol. The van der Waals surface area contributed by atoms with Crippen molar-refractivity contribution in [2.75, 3.05) is 5.33 Å². The first-order valence-corrected chi connectivity index (χ1v) is 11.1. The van der Waals surface area contributed by atoms with E-state index in [1.807, 2.05) is 0 Å². The van der Waals surface area contributed by atoms with Gasteiger partial charge in [0.2, 0.25) is 0 Å². The molecular weight excluding hydrogens is 496 g/mol. The van der Waals surface area contributed by atoms with Crippen molar-refractivity contribution in [3.05, 3.63) is 59.7 Å². The summed E-state index contributed by atoms with van der Waals surface area (Å²) < 4.78 is 0. The van der Waals surface area contributed by atoms with Gasteiger partial charge in [-0.15, -0.1) is 0 Å². The molecule has 0 bridgehead atoms. The quantitative estimate of drug-likeness (QED) is 0.436. The minimum atomic E-state index is 0.0139. The molecule has 7 heteroatoms. The first-order chi connectivity index (χ1) is 10.9. The fourth-order valence-electron chi connectivity index (χ4n) is 1.42. The molecule has 2 aromatic rings. The number of phenols is 2. The number of rotatable bonds is 3. The molecular formula is C16H15Br3O4. The Kier molecular flexibility index (Phi) is 11.6. The highest BCUT2D eigenvalue weighted by atomic mass is 80.9. The largest absolute Gasteiger partial charge is 0.508 e. The number of Topliss-reactive ketones (excluding diaryl/α,β-unsaturated/α-hetero) is 2. The zero-order valence-electron chi connectivity index (χ0n) is 12.2. The smallest absolute Gasteiger partial charge is 0.173 e. The van der Waals surface area contributed by atoms with E-state index >= 15 is 0 Å². The maximum absolute atomic E-state index is 11.0. The predicted molar refractivity (Wildman–Crippen MR) is 102 cm³/mol. The summed E-state index contributed by atoms with van der Waals surface area (Å²) >= 11 is 8.56. The van der Waals surface area contributed by atoms with Crippen LogP contribution in [0.25, 0.3) is 0 Å². The van der Waals surface area contributed by atoms with Crippen molar-refractivity contribution in [2.45, 2.75) is 6.92 Å². The molecule has 0 atom stereocenters. The Morgan fingerprint density at radius 2 is 1.17 bits per heavy atom. The van der Waals surface area contributed by atoms with Gasteiger partial charge in [-0.25, -0.2) is 0 Å². The van der Waals surface area contributed by atoms with Crippen molar-refractivity contribution in [3.8, 4) is 11.5 Å². The summed E-state index contributed by atoms with van der Waals surface area (Å²) in [7, 11) is 0. The van der Waals surface area contributed by atoms with Crippen LogP contribution in [0.3, 0.4) is 0 Å². The van der Waals surface area contributed by atoms with Crippen LogP contribution < -0.4 is 0 Å². The molecule has 0 fully saturated rings. The van der Waals surface area contributed by atoms with Crippen LogP contribution in [0.5, 0.6) is 11.5 Å². The number of benzene rings is 2. The number of hydrogen-bond acceptors (Lipinski definition) is 4.